The van der Waals surface area contributed by atoms with E-state index in [1.54, 1.807) is 40.1 Å². The summed E-state index contributed by atoms with van der Waals surface area (Å²) in [5.74, 6) is -1.98. The van der Waals surface area contributed by atoms with Crippen molar-refractivity contribution in [2.75, 3.05) is 13.1 Å². The van der Waals surface area contributed by atoms with Crippen LogP contribution in [-0.2, 0) is 13.1 Å². The fraction of sp³-hybridized carbons (Fsp3) is 0.211. The van der Waals surface area contributed by atoms with E-state index in [1.807, 2.05) is 0 Å². The average Bonchev–Trinajstić information content (AvgIpc) is 2.96. The van der Waals surface area contributed by atoms with Gasteiger partial charge in [0.25, 0.3) is 0 Å². The van der Waals surface area contributed by atoms with Gasteiger partial charge in [-0.05, 0) is 35.4 Å². The third kappa shape index (κ3) is 3.83. The highest BCUT2D eigenvalue weighted by Gasteiger charge is 2.28. The number of nitrogens with zero attached hydrogens (tertiary/aromatic N) is 2. The van der Waals surface area contributed by atoms with Crippen molar-refractivity contribution in [3.63, 3.8) is 0 Å². The van der Waals surface area contributed by atoms with E-state index in [1.165, 1.54) is 18.2 Å². The second-order valence-electron chi connectivity index (χ2n) is 6.13. The van der Waals surface area contributed by atoms with Crippen LogP contribution < -0.4 is 0 Å². The molecule has 1 saturated heterocycles. The maximum atomic E-state index is 12.5. The van der Waals surface area contributed by atoms with Crippen molar-refractivity contribution in [2.45, 2.75) is 13.1 Å². The Labute approximate surface area is 150 Å². The fourth-order valence-electron chi connectivity index (χ4n) is 2.92. The molecule has 1 fully saturated rings. The molecule has 134 valence electrons. The number of benzene rings is 2. The van der Waals surface area contributed by atoms with Gasteiger partial charge in [0.15, 0.2) is 0 Å². The van der Waals surface area contributed by atoms with Gasteiger partial charge in [-0.2, -0.15) is 0 Å². The summed E-state index contributed by atoms with van der Waals surface area (Å²) in [6.45, 7) is 1.89. The van der Waals surface area contributed by atoms with Crippen molar-refractivity contribution < 1.29 is 24.6 Å². The van der Waals surface area contributed by atoms with Crippen LogP contribution in [-0.4, -0.2) is 51.1 Å². The number of hydrogen-bond donors (Lipinski definition) is 2. The van der Waals surface area contributed by atoms with Crippen LogP contribution in [0.15, 0.2) is 48.5 Å². The zero-order chi connectivity index (χ0) is 18.7. The first-order valence-corrected chi connectivity index (χ1v) is 8.12. The van der Waals surface area contributed by atoms with Gasteiger partial charge in [-0.3, -0.25) is 0 Å². The van der Waals surface area contributed by atoms with Crippen molar-refractivity contribution in [3.05, 3.63) is 70.8 Å². The largest absolute Gasteiger partial charge is 0.478 e. The summed E-state index contributed by atoms with van der Waals surface area (Å²) in [5.41, 5.74) is 2.04. The predicted molar refractivity (Wildman–Crippen MR) is 93.0 cm³/mol. The minimum atomic E-state index is -0.994. The molecule has 0 radical (unpaired) electrons. The molecule has 1 aliphatic rings. The number of aromatic carboxylic acids is 2. The van der Waals surface area contributed by atoms with Gasteiger partial charge in [-0.25, -0.2) is 14.4 Å². The number of carbonyl (C=O) groups is 3. The number of urea groups is 1. The number of carboxylic acids is 2. The lowest BCUT2D eigenvalue weighted by Gasteiger charge is -2.19. The van der Waals surface area contributed by atoms with Gasteiger partial charge in [0.2, 0.25) is 0 Å². The van der Waals surface area contributed by atoms with E-state index in [0.29, 0.717) is 26.2 Å². The summed E-state index contributed by atoms with van der Waals surface area (Å²) in [6, 6.07) is 12.9. The second-order valence-corrected chi connectivity index (χ2v) is 6.13. The van der Waals surface area contributed by atoms with Crippen LogP contribution >= 0.6 is 0 Å². The maximum absolute atomic E-state index is 12.5. The van der Waals surface area contributed by atoms with Gasteiger partial charge >= 0.3 is 18.0 Å². The standard InChI is InChI=1S/C19H18N2O5/c22-17(23)15-6-4-13(5-7-15)11-20-8-9-21(19(20)26)12-14-2-1-3-16(10-14)18(24)25/h1-7,10H,8-9,11-12H2,(H,22,23)(H,24,25). The normalized spacial score (nSPS) is 13.9. The van der Waals surface area contributed by atoms with E-state index in [-0.39, 0.29) is 17.2 Å². The van der Waals surface area contributed by atoms with Gasteiger partial charge < -0.3 is 20.0 Å². The lowest BCUT2D eigenvalue weighted by atomic mass is 10.1. The molecule has 0 saturated carbocycles. The molecule has 0 unspecified atom stereocenters. The van der Waals surface area contributed by atoms with Crippen molar-refractivity contribution in [3.8, 4) is 0 Å². The summed E-state index contributed by atoms with van der Waals surface area (Å²) < 4.78 is 0. The second kappa shape index (κ2) is 7.26. The fourth-order valence-corrected chi connectivity index (χ4v) is 2.92. The third-order valence-corrected chi connectivity index (χ3v) is 4.30. The van der Waals surface area contributed by atoms with Gasteiger partial charge in [0.05, 0.1) is 11.1 Å². The van der Waals surface area contributed by atoms with Crippen LogP contribution in [0.25, 0.3) is 0 Å². The van der Waals surface area contributed by atoms with Gasteiger partial charge in [0, 0.05) is 26.2 Å². The van der Waals surface area contributed by atoms with Crippen LogP contribution in [0.5, 0.6) is 0 Å². The number of carbonyl (C=O) groups excluding carboxylic acids is 1. The molecule has 2 aromatic carbocycles. The first kappa shape index (κ1) is 17.5. The SMILES string of the molecule is O=C(O)c1ccc(CN2CCN(Cc3cccc(C(=O)O)c3)C2=O)cc1. The Kier molecular flexibility index (Phi) is 4.88. The van der Waals surface area contributed by atoms with Crippen LogP contribution in [0.2, 0.25) is 0 Å². The molecule has 0 atom stereocenters. The number of amides is 2. The van der Waals surface area contributed by atoms with Crippen molar-refractivity contribution in [2.24, 2.45) is 0 Å². The molecule has 3 rings (SSSR count). The Balaban J connectivity index is 1.63. The van der Waals surface area contributed by atoms with Gasteiger partial charge in [-0.15, -0.1) is 0 Å². The Morgan fingerprint density at radius 1 is 0.808 bits per heavy atom. The third-order valence-electron chi connectivity index (χ3n) is 4.30. The number of rotatable bonds is 6. The molecule has 1 heterocycles. The molecule has 2 aromatic rings. The van der Waals surface area contributed by atoms with Crippen LogP contribution in [0.1, 0.15) is 31.8 Å². The molecule has 26 heavy (non-hydrogen) atoms. The molecule has 0 aliphatic carbocycles. The zero-order valence-corrected chi connectivity index (χ0v) is 14.0. The quantitative estimate of drug-likeness (QED) is 0.831. The molecule has 1 aliphatic heterocycles. The Hall–Kier alpha value is -3.35. The summed E-state index contributed by atoms with van der Waals surface area (Å²) >= 11 is 0. The lowest BCUT2D eigenvalue weighted by Crippen LogP contribution is -2.31. The molecule has 7 nitrogen and oxygen atoms in total. The molecular weight excluding hydrogens is 336 g/mol. The molecule has 2 N–H and O–H groups in total. The van der Waals surface area contributed by atoms with Gasteiger partial charge in [0.1, 0.15) is 0 Å². The van der Waals surface area contributed by atoms with E-state index < -0.39 is 11.9 Å². The smallest absolute Gasteiger partial charge is 0.335 e. The maximum Gasteiger partial charge on any atom is 0.335 e. The Morgan fingerprint density at radius 3 is 1.96 bits per heavy atom. The topological polar surface area (TPSA) is 98.2 Å². The summed E-state index contributed by atoms with van der Waals surface area (Å²) in [4.78, 5) is 37.8. The van der Waals surface area contributed by atoms with Gasteiger partial charge in [-0.1, -0.05) is 24.3 Å². The van der Waals surface area contributed by atoms with Crippen LogP contribution in [0.4, 0.5) is 4.79 Å². The van der Waals surface area contributed by atoms with Crippen LogP contribution in [0, 0.1) is 0 Å². The minimum Gasteiger partial charge on any atom is -0.478 e. The summed E-state index contributed by atoms with van der Waals surface area (Å²) in [7, 11) is 0. The minimum absolute atomic E-state index is 0.118. The van der Waals surface area contributed by atoms with E-state index in [2.05, 4.69) is 0 Å². The first-order valence-electron chi connectivity index (χ1n) is 8.12. The Bertz CT molecular complexity index is 847. The number of hydrogen-bond acceptors (Lipinski definition) is 3. The van der Waals surface area contributed by atoms with E-state index in [0.717, 1.165) is 11.1 Å². The number of carboxylic acid groups (broad SMARTS) is 2. The predicted octanol–water partition coefficient (Wildman–Crippen LogP) is 2.52. The highest BCUT2D eigenvalue weighted by Crippen LogP contribution is 2.17. The van der Waals surface area contributed by atoms with E-state index >= 15 is 0 Å². The zero-order valence-electron chi connectivity index (χ0n) is 14.0. The van der Waals surface area contributed by atoms with Crippen molar-refractivity contribution >= 4 is 18.0 Å². The van der Waals surface area contributed by atoms with E-state index in [9.17, 15) is 14.4 Å². The monoisotopic (exact) mass is 354 g/mol. The highest BCUT2D eigenvalue weighted by molar-refractivity contribution is 5.88. The summed E-state index contributed by atoms with van der Waals surface area (Å²) in [5, 5.41) is 18.0. The van der Waals surface area contributed by atoms with Crippen molar-refractivity contribution in [1.29, 1.82) is 0 Å². The average molecular weight is 354 g/mol. The molecule has 2 amide bonds. The van der Waals surface area contributed by atoms with Crippen LogP contribution in [0.3, 0.4) is 0 Å². The van der Waals surface area contributed by atoms with E-state index in [4.69, 9.17) is 10.2 Å². The van der Waals surface area contributed by atoms with Crippen molar-refractivity contribution in [1.82, 2.24) is 9.80 Å². The molecule has 0 spiro atoms. The molecule has 7 heteroatoms. The molecule has 0 aromatic heterocycles. The summed E-state index contributed by atoms with van der Waals surface area (Å²) in [6.07, 6.45) is 0. The Morgan fingerprint density at radius 2 is 1.38 bits per heavy atom. The first-order chi connectivity index (χ1) is 12.4. The lowest BCUT2D eigenvalue weighted by molar-refractivity contribution is 0.0686. The molecular formula is C19H18N2O5. The highest BCUT2D eigenvalue weighted by atomic mass is 16.4. The molecule has 0 bridgehead atoms.